The first-order chi connectivity index (χ1) is 10.2. The minimum atomic E-state index is -1.42. The van der Waals surface area contributed by atoms with Crippen LogP contribution in [-0.2, 0) is 20.9 Å². The van der Waals surface area contributed by atoms with Crippen molar-refractivity contribution in [2.24, 2.45) is 0 Å². The van der Waals surface area contributed by atoms with Gasteiger partial charge in [-0.05, 0) is 33.3 Å². The zero-order valence-electron chi connectivity index (χ0n) is 13.3. The molecule has 0 aliphatic rings. The van der Waals surface area contributed by atoms with Crippen molar-refractivity contribution in [1.82, 2.24) is 5.32 Å². The summed E-state index contributed by atoms with van der Waals surface area (Å²) in [5.41, 5.74) is 0.193. The molecule has 1 N–H and O–H groups in total. The molecule has 1 rings (SSSR count). The standard InChI is InChI=1S/C16H23NO5/c1-11(21-10-12-8-6-5-7-9-12)13(14(18)19)17-15(20)22-16(2,3)4/h5-9,11,13H,10H2,1-4H3,(H,17,20)(H,18,19)/p-1/t11-,13+/m1/s1. The van der Waals surface area contributed by atoms with Gasteiger partial charge in [-0.2, -0.15) is 0 Å². The summed E-state index contributed by atoms with van der Waals surface area (Å²) >= 11 is 0. The third kappa shape index (κ3) is 6.58. The van der Waals surface area contributed by atoms with E-state index in [9.17, 15) is 14.7 Å². The highest BCUT2D eigenvalue weighted by molar-refractivity contribution is 5.79. The Hall–Kier alpha value is -2.08. The molecule has 1 aromatic carbocycles. The largest absolute Gasteiger partial charge is 0.548 e. The van der Waals surface area contributed by atoms with E-state index < -0.39 is 29.8 Å². The average molecular weight is 308 g/mol. The fourth-order valence-corrected chi connectivity index (χ4v) is 1.70. The lowest BCUT2D eigenvalue weighted by molar-refractivity contribution is -0.310. The molecule has 0 saturated carbocycles. The lowest BCUT2D eigenvalue weighted by atomic mass is 10.1. The van der Waals surface area contributed by atoms with E-state index in [1.165, 1.54) is 0 Å². The minimum Gasteiger partial charge on any atom is -0.548 e. The number of hydrogen-bond donors (Lipinski definition) is 1. The molecule has 0 aliphatic heterocycles. The Kier molecular flexibility index (Phi) is 6.37. The van der Waals surface area contributed by atoms with Crippen molar-refractivity contribution in [2.45, 2.75) is 52.0 Å². The van der Waals surface area contributed by atoms with Crippen molar-refractivity contribution in [3.05, 3.63) is 35.9 Å². The summed E-state index contributed by atoms with van der Waals surface area (Å²) in [6, 6.07) is 8.03. The maximum Gasteiger partial charge on any atom is 0.408 e. The molecule has 0 radical (unpaired) electrons. The summed E-state index contributed by atoms with van der Waals surface area (Å²) in [6.45, 7) is 6.87. The van der Waals surface area contributed by atoms with Gasteiger partial charge < -0.3 is 24.7 Å². The van der Waals surface area contributed by atoms with Crippen LogP contribution in [0.5, 0.6) is 0 Å². The van der Waals surface area contributed by atoms with E-state index in [0.29, 0.717) is 0 Å². The highest BCUT2D eigenvalue weighted by Crippen LogP contribution is 2.09. The smallest absolute Gasteiger partial charge is 0.408 e. The molecule has 0 spiro atoms. The first-order valence-electron chi connectivity index (χ1n) is 7.05. The molecule has 0 heterocycles. The number of carboxylic acid groups (broad SMARTS) is 1. The maximum absolute atomic E-state index is 11.7. The Morgan fingerprint density at radius 1 is 1.23 bits per heavy atom. The van der Waals surface area contributed by atoms with Gasteiger partial charge in [0.05, 0.1) is 24.7 Å². The number of rotatable bonds is 6. The topological polar surface area (TPSA) is 87.7 Å². The van der Waals surface area contributed by atoms with E-state index in [0.717, 1.165) is 5.56 Å². The van der Waals surface area contributed by atoms with E-state index in [4.69, 9.17) is 9.47 Å². The molecule has 0 bridgehead atoms. The molecule has 0 aliphatic carbocycles. The number of carboxylic acids is 1. The highest BCUT2D eigenvalue weighted by atomic mass is 16.6. The summed E-state index contributed by atoms with van der Waals surface area (Å²) in [5.74, 6) is -1.42. The Bertz CT molecular complexity index is 495. The van der Waals surface area contributed by atoms with Crippen molar-refractivity contribution in [1.29, 1.82) is 0 Å². The number of nitrogens with one attached hydrogen (secondary N) is 1. The second-order valence-electron chi connectivity index (χ2n) is 5.94. The Balaban J connectivity index is 2.58. The maximum atomic E-state index is 11.7. The molecule has 0 aromatic heterocycles. The van der Waals surface area contributed by atoms with Gasteiger partial charge in [-0.25, -0.2) is 4.79 Å². The molecule has 1 amide bonds. The number of aliphatic carboxylic acids is 1. The summed E-state index contributed by atoms with van der Waals surface area (Å²) in [6.07, 6.45) is -1.59. The highest BCUT2D eigenvalue weighted by Gasteiger charge is 2.24. The van der Waals surface area contributed by atoms with Crippen LogP contribution >= 0.6 is 0 Å². The van der Waals surface area contributed by atoms with Crippen LogP contribution in [0.3, 0.4) is 0 Å². The van der Waals surface area contributed by atoms with Crippen molar-refractivity contribution in [2.75, 3.05) is 0 Å². The molecule has 6 heteroatoms. The van der Waals surface area contributed by atoms with Crippen molar-refractivity contribution in [3.8, 4) is 0 Å². The fraction of sp³-hybridized carbons (Fsp3) is 0.500. The van der Waals surface area contributed by atoms with Gasteiger partial charge in [0.25, 0.3) is 0 Å². The van der Waals surface area contributed by atoms with Gasteiger partial charge in [0.1, 0.15) is 5.60 Å². The predicted molar refractivity (Wildman–Crippen MR) is 78.9 cm³/mol. The third-order valence-corrected chi connectivity index (χ3v) is 2.75. The van der Waals surface area contributed by atoms with Crippen LogP contribution in [0.1, 0.15) is 33.3 Å². The molecule has 1 aromatic rings. The van der Waals surface area contributed by atoms with Gasteiger partial charge in [-0.3, -0.25) is 0 Å². The average Bonchev–Trinajstić information content (AvgIpc) is 2.41. The van der Waals surface area contributed by atoms with Gasteiger partial charge in [-0.1, -0.05) is 30.3 Å². The molecule has 2 atom stereocenters. The number of ether oxygens (including phenoxy) is 2. The van der Waals surface area contributed by atoms with Crippen molar-refractivity contribution < 1.29 is 24.2 Å². The minimum absolute atomic E-state index is 0.238. The summed E-state index contributed by atoms with van der Waals surface area (Å²) in [5, 5.41) is 13.5. The normalized spacial score (nSPS) is 14.0. The van der Waals surface area contributed by atoms with Crippen LogP contribution in [0.25, 0.3) is 0 Å². The second-order valence-corrected chi connectivity index (χ2v) is 5.94. The number of amides is 1. The first kappa shape index (κ1) is 18.0. The van der Waals surface area contributed by atoms with Crippen LogP contribution in [0.15, 0.2) is 30.3 Å². The van der Waals surface area contributed by atoms with Crippen LogP contribution in [-0.4, -0.2) is 29.8 Å². The zero-order chi connectivity index (χ0) is 16.8. The molecular weight excluding hydrogens is 286 g/mol. The fourth-order valence-electron chi connectivity index (χ4n) is 1.70. The Morgan fingerprint density at radius 3 is 2.32 bits per heavy atom. The van der Waals surface area contributed by atoms with Gasteiger partial charge in [0.2, 0.25) is 0 Å². The quantitative estimate of drug-likeness (QED) is 0.854. The SMILES string of the molecule is C[C@@H](OCc1ccccc1)[C@H](NC(=O)OC(C)(C)C)C(=O)[O-]. The molecule has 6 nitrogen and oxygen atoms in total. The van der Waals surface area contributed by atoms with Crippen LogP contribution < -0.4 is 10.4 Å². The van der Waals surface area contributed by atoms with E-state index in [2.05, 4.69) is 5.32 Å². The second kappa shape index (κ2) is 7.79. The number of benzene rings is 1. The van der Waals surface area contributed by atoms with Crippen molar-refractivity contribution >= 4 is 12.1 Å². The van der Waals surface area contributed by atoms with E-state index >= 15 is 0 Å². The molecule has 0 saturated heterocycles. The van der Waals surface area contributed by atoms with Crippen LogP contribution in [0, 0.1) is 0 Å². The number of carbonyl (C=O) groups excluding carboxylic acids is 2. The number of alkyl carbamates (subject to hydrolysis) is 1. The van der Waals surface area contributed by atoms with Gasteiger partial charge in [0, 0.05) is 0 Å². The Morgan fingerprint density at radius 2 is 1.82 bits per heavy atom. The van der Waals surface area contributed by atoms with E-state index in [1.807, 2.05) is 30.3 Å². The summed E-state index contributed by atoms with van der Waals surface area (Å²) in [4.78, 5) is 22.9. The predicted octanol–water partition coefficient (Wildman–Crippen LogP) is 1.23. The van der Waals surface area contributed by atoms with Crippen molar-refractivity contribution in [3.63, 3.8) is 0 Å². The molecule has 22 heavy (non-hydrogen) atoms. The Labute approximate surface area is 130 Å². The van der Waals surface area contributed by atoms with Gasteiger partial charge in [0.15, 0.2) is 0 Å². The molecule has 0 unspecified atom stereocenters. The molecule has 122 valence electrons. The summed E-state index contributed by atoms with van der Waals surface area (Å²) in [7, 11) is 0. The number of hydrogen-bond acceptors (Lipinski definition) is 5. The van der Waals surface area contributed by atoms with Gasteiger partial charge in [-0.15, -0.1) is 0 Å². The van der Waals surface area contributed by atoms with E-state index in [-0.39, 0.29) is 6.61 Å². The zero-order valence-corrected chi connectivity index (χ0v) is 13.3. The van der Waals surface area contributed by atoms with Crippen LogP contribution in [0.4, 0.5) is 4.79 Å². The molecule has 0 fully saturated rings. The summed E-state index contributed by atoms with van der Waals surface area (Å²) < 4.78 is 10.5. The number of carbonyl (C=O) groups is 2. The monoisotopic (exact) mass is 308 g/mol. The van der Waals surface area contributed by atoms with Gasteiger partial charge >= 0.3 is 6.09 Å². The van der Waals surface area contributed by atoms with Crippen LogP contribution in [0.2, 0.25) is 0 Å². The van der Waals surface area contributed by atoms with E-state index in [1.54, 1.807) is 27.7 Å². The third-order valence-electron chi connectivity index (χ3n) is 2.75. The first-order valence-corrected chi connectivity index (χ1v) is 7.05. The molecular formula is C16H22NO5-. The lowest BCUT2D eigenvalue weighted by Crippen LogP contribution is -2.55. The lowest BCUT2D eigenvalue weighted by Gasteiger charge is -2.28.